The lowest BCUT2D eigenvalue weighted by atomic mass is 10.3. The number of hydrogen-bond acceptors (Lipinski definition) is 2. The molecule has 0 saturated carbocycles. The molecule has 0 N–H and O–H groups in total. The van der Waals surface area contributed by atoms with Crippen LogP contribution in [0.25, 0.3) is 5.69 Å². The summed E-state index contributed by atoms with van der Waals surface area (Å²) in [6.07, 6.45) is 5.16. The van der Waals surface area contributed by atoms with E-state index in [9.17, 15) is 4.39 Å². The molecule has 4 heteroatoms. The van der Waals surface area contributed by atoms with Gasteiger partial charge in [0.05, 0.1) is 17.4 Å². The van der Waals surface area contributed by atoms with Crippen LogP contribution < -0.4 is 0 Å². The van der Waals surface area contributed by atoms with Gasteiger partial charge in [-0.05, 0) is 42.3 Å². The van der Waals surface area contributed by atoms with Crippen LogP contribution in [0.15, 0.2) is 61.1 Å². The highest BCUT2D eigenvalue weighted by Crippen LogP contribution is 2.09. The molecule has 0 amide bonds. The molecule has 0 bridgehead atoms. The van der Waals surface area contributed by atoms with Crippen molar-refractivity contribution in [3.05, 3.63) is 78.1 Å². The van der Waals surface area contributed by atoms with Gasteiger partial charge in [-0.1, -0.05) is 12.0 Å². The van der Waals surface area contributed by atoms with Gasteiger partial charge in [0, 0.05) is 12.4 Å². The van der Waals surface area contributed by atoms with E-state index in [-0.39, 0.29) is 5.82 Å². The first-order valence-electron chi connectivity index (χ1n) is 6.05. The summed E-state index contributed by atoms with van der Waals surface area (Å²) in [5.74, 6) is 5.69. The molecule has 2 aromatic heterocycles. The minimum Gasteiger partial charge on any atom is -0.248 e. The Morgan fingerprint density at radius 3 is 2.60 bits per heavy atom. The van der Waals surface area contributed by atoms with Crippen molar-refractivity contribution in [2.45, 2.75) is 0 Å². The van der Waals surface area contributed by atoms with Crippen LogP contribution >= 0.6 is 0 Å². The lowest BCUT2D eigenvalue weighted by molar-refractivity contribution is 0.627. The zero-order valence-corrected chi connectivity index (χ0v) is 10.5. The monoisotopic (exact) mass is 263 g/mol. The van der Waals surface area contributed by atoms with Gasteiger partial charge in [0.2, 0.25) is 0 Å². The van der Waals surface area contributed by atoms with E-state index in [1.165, 1.54) is 12.1 Å². The Bertz CT molecular complexity index is 765. The molecule has 0 aliphatic rings. The van der Waals surface area contributed by atoms with Crippen molar-refractivity contribution in [1.82, 2.24) is 14.8 Å². The third-order valence-corrected chi connectivity index (χ3v) is 2.67. The summed E-state index contributed by atoms with van der Waals surface area (Å²) >= 11 is 0. The molecule has 3 nitrogen and oxygen atoms in total. The van der Waals surface area contributed by atoms with Gasteiger partial charge in [0.1, 0.15) is 11.5 Å². The van der Waals surface area contributed by atoms with E-state index in [1.807, 2.05) is 18.2 Å². The van der Waals surface area contributed by atoms with E-state index in [0.29, 0.717) is 5.69 Å². The maximum Gasteiger partial charge on any atom is 0.123 e. The number of benzene rings is 1. The van der Waals surface area contributed by atoms with Crippen LogP contribution in [0, 0.1) is 17.7 Å². The summed E-state index contributed by atoms with van der Waals surface area (Å²) < 4.78 is 14.5. The van der Waals surface area contributed by atoms with Crippen LogP contribution in [-0.2, 0) is 0 Å². The first-order valence-corrected chi connectivity index (χ1v) is 6.05. The van der Waals surface area contributed by atoms with Crippen LogP contribution in [-0.4, -0.2) is 14.8 Å². The van der Waals surface area contributed by atoms with Crippen LogP contribution in [0.1, 0.15) is 11.3 Å². The molecular weight excluding hydrogens is 253 g/mol. The number of halogens is 1. The van der Waals surface area contributed by atoms with Gasteiger partial charge >= 0.3 is 0 Å². The van der Waals surface area contributed by atoms with E-state index in [2.05, 4.69) is 21.9 Å². The number of nitrogens with zero attached hydrogens (tertiary/aromatic N) is 3. The fourth-order valence-corrected chi connectivity index (χ4v) is 1.70. The average molecular weight is 263 g/mol. The van der Waals surface area contributed by atoms with E-state index >= 15 is 0 Å². The van der Waals surface area contributed by atoms with Crippen molar-refractivity contribution >= 4 is 0 Å². The first kappa shape index (κ1) is 12.1. The first-order chi connectivity index (χ1) is 9.81. The summed E-state index contributed by atoms with van der Waals surface area (Å²) in [6, 6.07) is 11.7. The predicted molar refractivity (Wildman–Crippen MR) is 73.7 cm³/mol. The summed E-state index contributed by atoms with van der Waals surface area (Å²) in [6.45, 7) is 0. The number of hydrogen-bond donors (Lipinski definition) is 0. The van der Waals surface area contributed by atoms with Gasteiger partial charge < -0.3 is 0 Å². The van der Waals surface area contributed by atoms with Crippen LogP contribution in [0.4, 0.5) is 4.39 Å². The molecule has 0 unspecified atom stereocenters. The highest BCUT2D eigenvalue weighted by atomic mass is 19.1. The van der Waals surface area contributed by atoms with Gasteiger partial charge in [-0.25, -0.2) is 14.1 Å². The fourth-order valence-electron chi connectivity index (χ4n) is 1.70. The molecular formula is C16H10FN3. The number of rotatable bonds is 1. The van der Waals surface area contributed by atoms with Crippen molar-refractivity contribution in [3.8, 4) is 17.5 Å². The molecule has 0 atom stereocenters. The highest BCUT2D eigenvalue weighted by molar-refractivity contribution is 5.40. The lowest BCUT2D eigenvalue weighted by Gasteiger charge is -1.99. The van der Waals surface area contributed by atoms with Crippen molar-refractivity contribution in [2.24, 2.45) is 0 Å². The molecule has 96 valence electrons. The normalized spacial score (nSPS) is 9.85. The van der Waals surface area contributed by atoms with Crippen molar-refractivity contribution in [1.29, 1.82) is 0 Å². The molecule has 0 fully saturated rings. The predicted octanol–water partition coefficient (Wildman–Crippen LogP) is 2.81. The summed E-state index contributed by atoms with van der Waals surface area (Å²) in [5.41, 5.74) is 2.28. The van der Waals surface area contributed by atoms with Gasteiger partial charge in [-0.15, -0.1) is 0 Å². The number of pyridine rings is 1. The Morgan fingerprint density at radius 2 is 1.85 bits per heavy atom. The third-order valence-electron chi connectivity index (χ3n) is 2.67. The fraction of sp³-hybridized carbons (Fsp3) is 0. The molecule has 3 rings (SSSR count). The van der Waals surface area contributed by atoms with E-state index in [4.69, 9.17) is 0 Å². The van der Waals surface area contributed by atoms with Crippen molar-refractivity contribution in [2.75, 3.05) is 0 Å². The smallest absolute Gasteiger partial charge is 0.123 e. The van der Waals surface area contributed by atoms with Gasteiger partial charge in [0.25, 0.3) is 0 Å². The van der Waals surface area contributed by atoms with Crippen molar-refractivity contribution < 1.29 is 4.39 Å². The van der Waals surface area contributed by atoms with Crippen LogP contribution in [0.5, 0.6) is 0 Å². The molecule has 1 aromatic carbocycles. The minimum absolute atomic E-state index is 0.268. The second-order valence-corrected chi connectivity index (χ2v) is 4.11. The van der Waals surface area contributed by atoms with Crippen LogP contribution in [0.2, 0.25) is 0 Å². The molecule has 0 aliphatic heterocycles. The Labute approximate surface area is 115 Å². The van der Waals surface area contributed by atoms with Gasteiger partial charge in [0.15, 0.2) is 0 Å². The van der Waals surface area contributed by atoms with E-state index in [1.54, 1.807) is 35.4 Å². The molecule has 0 aliphatic carbocycles. The molecule has 3 aromatic rings. The zero-order chi connectivity index (χ0) is 13.8. The molecule has 0 radical (unpaired) electrons. The SMILES string of the molecule is Fc1ccc(-n2cc(C#Cc3ccccn3)cn2)cc1. The molecule has 20 heavy (non-hydrogen) atoms. The zero-order valence-electron chi connectivity index (χ0n) is 10.5. The molecule has 0 spiro atoms. The Kier molecular flexibility index (Phi) is 3.25. The summed E-state index contributed by atoms with van der Waals surface area (Å²) in [4.78, 5) is 4.13. The number of aromatic nitrogens is 3. The minimum atomic E-state index is -0.268. The van der Waals surface area contributed by atoms with Gasteiger partial charge in [-0.3, -0.25) is 0 Å². The van der Waals surface area contributed by atoms with E-state index < -0.39 is 0 Å². The topological polar surface area (TPSA) is 30.7 Å². The lowest BCUT2D eigenvalue weighted by Crippen LogP contribution is -1.93. The van der Waals surface area contributed by atoms with Gasteiger partial charge in [-0.2, -0.15) is 5.10 Å². The summed E-state index contributed by atoms with van der Waals surface area (Å²) in [7, 11) is 0. The maximum absolute atomic E-state index is 12.9. The highest BCUT2D eigenvalue weighted by Gasteiger charge is 1.99. The maximum atomic E-state index is 12.9. The second kappa shape index (κ2) is 5.37. The standard InChI is InChI=1S/C16H10FN3/c17-14-5-8-16(9-6-14)20-12-13(11-19-20)4-7-15-3-1-2-10-18-15/h1-3,5-6,8-12H. The molecule has 0 saturated heterocycles. The summed E-state index contributed by atoms with van der Waals surface area (Å²) in [5, 5.41) is 4.20. The Hall–Kier alpha value is -2.93. The third kappa shape index (κ3) is 2.73. The average Bonchev–Trinajstić information content (AvgIpc) is 2.96. The van der Waals surface area contributed by atoms with E-state index in [0.717, 1.165) is 11.3 Å². The Balaban J connectivity index is 1.84. The van der Waals surface area contributed by atoms with Crippen LogP contribution in [0.3, 0.4) is 0 Å². The second-order valence-electron chi connectivity index (χ2n) is 4.11. The largest absolute Gasteiger partial charge is 0.248 e. The van der Waals surface area contributed by atoms with Crippen molar-refractivity contribution in [3.63, 3.8) is 0 Å². The Morgan fingerprint density at radius 1 is 1.00 bits per heavy atom. The quantitative estimate of drug-likeness (QED) is 0.632. The molecule has 2 heterocycles.